The van der Waals surface area contributed by atoms with Crippen molar-refractivity contribution in [1.29, 1.82) is 0 Å². The van der Waals surface area contributed by atoms with Crippen LogP contribution in [0.15, 0.2) is 0 Å². The molecule has 1 unspecified atom stereocenters. The van der Waals surface area contributed by atoms with Crippen LogP contribution in [-0.4, -0.2) is 23.4 Å². The van der Waals surface area contributed by atoms with Crippen LogP contribution in [0.25, 0.3) is 0 Å². The van der Waals surface area contributed by atoms with Gasteiger partial charge in [-0.1, -0.05) is 0 Å². The first kappa shape index (κ1) is 5.06. The average Bonchev–Trinajstić information content (AvgIpc) is 2.17. The SMILES string of the molecule is CC(O)[C@@H]1O[C@@H]1C. The van der Waals surface area contributed by atoms with Crippen LogP contribution in [0.2, 0.25) is 0 Å². The van der Waals surface area contributed by atoms with Crippen molar-refractivity contribution in [3.8, 4) is 0 Å². The number of hydrogen-bond acceptors (Lipinski definition) is 2. The zero-order valence-corrected chi connectivity index (χ0v) is 4.59. The van der Waals surface area contributed by atoms with E-state index in [9.17, 15) is 0 Å². The van der Waals surface area contributed by atoms with Crippen molar-refractivity contribution in [2.75, 3.05) is 0 Å². The van der Waals surface area contributed by atoms with E-state index < -0.39 is 0 Å². The molecule has 1 fully saturated rings. The Morgan fingerprint density at radius 3 is 2.14 bits per heavy atom. The molecule has 7 heavy (non-hydrogen) atoms. The van der Waals surface area contributed by atoms with E-state index in [1.807, 2.05) is 6.92 Å². The van der Waals surface area contributed by atoms with E-state index in [2.05, 4.69) is 0 Å². The Labute approximate surface area is 43.1 Å². The molecule has 1 aliphatic heterocycles. The maximum atomic E-state index is 8.74. The standard InChI is InChI=1S/C5H10O2/c1-3(6)5-4(2)7-5/h3-6H,1-2H3/t3?,4-,5+/m1/s1. The van der Waals surface area contributed by atoms with E-state index in [1.54, 1.807) is 6.92 Å². The molecule has 1 rings (SSSR count). The second-order valence-corrected chi connectivity index (χ2v) is 2.05. The minimum Gasteiger partial charge on any atom is -0.391 e. The summed E-state index contributed by atoms with van der Waals surface area (Å²) >= 11 is 0. The van der Waals surface area contributed by atoms with E-state index in [4.69, 9.17) is 9.84 Å². The van der Waals surface area contributed by atoms with Gasteiger partial charge in [0.15, 0.2) is 0 Å². The van der Waals surface area contributed by atoms with Gasteiger partial charge in [-0.25, -0.2) is 0 Å². The van der Waals surface area contributed by atoms with Crippen LogP contribution < -0.4 is 0 Å². The van der Waals surface area contributed by atoms with Crippen molar-refractivity contribution in [3.63, 3.8) is 0 Å². The molecule has 0 aromatic heterocycles. The highest BCUT2D eigenvalue weighted by Crippen LogP contribution is 2.23. The molecule has 0 spiro atoms. The summed E-state index contributed by atoms with van der Waals surface area (Å²) in [5.74, 6) is 0. The van der Waals surface area contributed by atoms with Crippen molar-refractivity contribution in [1.82, 2.24) is 0 Å². The predicted octanol–water partition coefficient (Wildman–Crippen LogP) is 0.155. The summed E-state index contributed by atoms with van der Waals surface area (Å²) in [7, 11) is 0. The predicted molar refractivity (Wildman–Crippen MR) is 26.0 cm³/mol. The summed E-state index contributed by atoms with van der Waals surface area (Å²) in [6.45, 7) is 3.70. The summed E-state index contributed by atoms with van der Waals surface area (Å²) in [4.78, 5) is 0. The van der Waals surface area contributed by atoms with Crippen LogP contribution in [-0.2, 0) is 4.74 Å². The van der Waals surface area contributed by atoms with Crippen LogP contribution in [0, 0.1) is 0 Å². The van der Waals surface area contributed by atoms with Crippen LogP contribution in [0.1, 0.15) is 13.8 Å². The van der Waals surface area contributed by atoms with Gasteiger partial charge in [0.05, 0.1) is 12.2 Å². The lowest BCUT2D eigenvalue weighted by Crippen LogP contribution is -2.09. The molecule has 1 heterocycles. The van der Waals surface area contributed by atoms with E-state index in [1.165, 1.54) is 0 Å². The highest BCUT2D eigenvalue weighted by molar-refractivity contribution is 4.84. The van der Waals surface area contributed by atoms with Gasteiger partial charge in [-0.05, 0) is 13.8 Å². The Bertz CT molecular complexity index is 70.5. The Kier molecular flexibility index (Phi) is 1.05. The number of aliphatic hydroxyl groups excluding tert-OH is 1. The summed E-state index contributed by atoms with van der Waals surface area (Å²) in [6, 6.07) is 0. The minimum atomic E-state index is -0.282. The van der Waals surface area contributed by atoms with Crippen molar-refractivity contribution in [2.45, 2.75) is 32.2 Å². The minimum absolute atomic E-state index is 0.125. The van der Waals surface area contributed by atoms with Crippen molar-refractivity contribution >= 4 is 0 Å². The lowest BCUT2D eigenvalue weighted by atomic mass is 10.2. The molecule has 1 saturated heterocycles. The Hall–Kier alpha value is -0.0800. The summed E-state index contributed by atoms with van der Waals surface area (Å²) in [5.41, 5.74) is 0. The maximum absolute atomic E-state index is 8.74. The molecule has 0 aromatic carbocycles. The van der Waals surface area contributed by atoms with Gasteiger partial charge >= 0.3 is 0 Å². The highest BCUT2D eigenvalue weighted by atomic mass is 16.6. The number of aliphatic hydroxyl groups is 1. The quantitative estimate of drug-likeness (QED) is 0.478. The number of hydrogen-bond donors (Lipinski definition) is 1. The number of epoxide rings is 1. The summed E-state index contributed by atoms with van der Waals surface area (Å²) < 4.78 is 4.93. The zero-order valence-electron chi connectivity index (χ0n) is 4.59. The van der Waals surface area contributed by atoms with Gasteiger partial charge in [-0.15, -0.1) is 0 Å². The van der Waals surface area contributed by atoms with Crippen molar-refractivity contribution in [3.05, 3.63) is 0 Å². The molecular formula is C5H10O2. The van der Waals surface area contributed by atoms with Crippen molar-refractivity contribution < 1.29 is 9.84 Å². The smallest absolute Gasteiger partial charge is 0.109 e. The molecule has 0 aromatic rings. The molecule has 0 bridgehead atoms. The first-order chi connectivity index (χ1) is 3.22. The van der Waals surface area contributed by atoms with E-state index >= 15 is 0 Å². The van der Waals surface area contributed by atoms with Crippen LogP contribution >= 0.6 is 0 Å². The second kappa shape index (κ2) is 1.46. The number of ether oxygens (including phenoxy) is 1. The molecule has 1 aliphatic rings. The lowest BCUT2D eigenvalue weighted by Gasteiger charge is -1.92. The zero-order chi connectivity index (χ0) is 5.44. The first-order valence-corrected chi connectivity index (χ1v) is 2.55. The largest absolute Gasteiger partial charge is 0.391 e. The third-order valence-corrected chi connectivity index (χ3v) is 1.23. The maximum Gasteiger partial charge on any atom is 0.109 e. The third kappa shape index (κ3) is 0.924. The summed E-state index contributed by atoms with van der Waals surface area (Å²) in [6.07, 6.45) is 0.134. The molecule has 0 radical (unpaired) electrons. The molecule has 2 heteroatoms. The Morgan fingerprint density at radius 2 is 2.14 bits per heavy atom. The fourth-order valence-corrected chi connectivity index (χ4v) is 0.708. The van der Waals surface area contributed by atoms with E-state index in [0.717, 1.165) is 0 Å². The fourth-order valence-electron chi connectivity index (χ4n) is 0.708. The van der Waals surface area contributed by atoms with Gasteiger partial charge in [-0.2, -0.15) is 0 Å². The fraction of sp³-hybridized carbons (Fsp3) is 1.00. The van der Waals surface area contributed by atoms with Crippen LogP contribution in [0.5, 0.6) is 0 Å². The average molecular weight is 102 g/mol. The Balaban J connectivity index is 2.20. The molecule has 2 nitrogen and oxygen atoms in total. The Morgan fingerprint density at radius 1 is 1.71 bits per heavy atom. The first-order valence-electron chi connectivity index (χ1n) is 2.55. The van der Waals surface area contributed by atoms with Gasteiger partial charge in [0.1, 0.15) is 6.10 Å². The van der Waals surface area contributed by atoms with Gasteiger partial charge in [-0.3, -0.25) is 0 Å². The normalized spacial score (nSPS) is 43.3. The topological polar surface area (TPSA) is 32.8 Å². The van der Waals surface area contributed by atoms with E-state index in [0.29, 0.717) is 6.10 Å². The number of rotatable bonds is 1. The molecule has 0 saturated carbocycles. The van der Waals surface area contributed by atoms with Crippen LogP contribution in [0.3, 0.4) is 0 Å². The molecule has 0 aliphatic carbocycles. The monoisotopic (exact) mass is 102 g/mol. The third-order valence-electron chi connectivity index (χ3n) is 1.23. The summed E-state index contributed by atoms with van der Waals surface area (Å²) in [5, 5.41) is 8.74. The van der Waals surface area contributed by atoms with Gasteiger partial charge in [0.2, 0.25) is 0 Å². The van der Waals surface area contributed by atoms with E-state index in [-0.39, 0.29) is 12.2 Å². The molecular weight excluding hydrogens is 92.1 g/mol. The molecule has 42 valence electrons. The highest BCUT2D eigenvalue weighted by Gasteiger charge is 2.37. The van der Waals surface area contributed by atoms with Gasteiger partial charge < -0.3 is 9.84 Å². The van der Waals surface area contributed by atoms with Crippen molar-refractivity contribution in [2.24, 2.45) is 0 Å². The molecule has 3 atom stereocenters. The van der Waals surface area contributed by atoms with Gasteiger partial charge in [0, 0.05) is 0 Å². The van der Waals surface area contributed by atoms with Gasteiger partial charge in [0.25, 0.3) is 0 Å². The molecule has 1 N–H and O–H groups in total. The lowest BCUT2D eigenvalue weighted by molar-refractivity contribution is 0.152. The van der Waals surface area contributed by atoms with Crippen LogP contribution in [0.4, 0.5) is 0 Å². The molecule has 0 amide bonds. The second-order valence-electron chi connectivity index (χ2n) is 2.05.